The molecule has 4 rings (SSSR count). The van der Waals surface area contributed by atoms with Crippen LogP contribution < -0.4 is 0 Å². The Morgan fingerprint density at radius 2 is 2.19 bits per heavy atom. The minimum atomic E-state index is -0.868. The number of carbonyl (C=O) groups excluding carboxylic acids is 1. The molecule has 0 aliphatic carbocycles. The molecule has 0 bridgehead atoms. The summed E-state index contributed by atoms with van der Waals surface area (Å²) in [6.45, 7) is 3.34. The van der Waals surface area contributed by atoms with Crippen molar-refractivity contribution in [3.8, 4) is 0 Å². The molecule has 0 saturated heterocycles. The molecule has 3 aromatic rings. The molecule has 0 unspecified atom stereocenters. The van der Waals surface area contributed by atoms with Gasteiger partial charge in [-0.2, -0.15) is 10.2 Å². The fourth-order valence-electron chi connectivity index (χ4n) is 3.17. The third kappa shape index (κ3) is 2.77. The van der Waals surface area contributed by atoms with Crippen molar-refractivity contribution in [1.29, 1.82) is 0 Å². The molecule has 1 N–H and O–H groups in total. The normalized spacial score (nSPS) is 15.6. The van der Waals surface area contributed by atoms with E-state index in [-0.39, 0.29) is 11.6 Å². The van der Waals surface area contributed by atoms with Gasteiger partial charge in [0.15, 0.2) is 5.69 Å². The van der Waals surface area contributed by atoms with Crippen LogP contribution in [0.5, 0.6) is 0 Å². The lowest BCUT2D eigenvalue weighted by atomic mass is 10.1. The number of hydrogen-bond acceptors (Lipinski definition) is 7. The number of carbonyl (C=O) groups is 1. The third-order valence-electron chi connectivity index (χ3n) is 4.59. The predicted octanol–water partition coefficient (Wildman–Crippen LogP) is 0.436. The second-order valence-electron chi connectivity index (χ2n) is 6.34. The lowest BCUT2D eigenvalue weighted by molar-refractivity contribution is 0.0734. The molecule has 1 aliphatic heterocycles. The number of nitrogens with zero attached hydrogens (tertiary/aromatic N) is 7. The van der Waals surface area contributed by atoms with E-state index >= 15 is 0 Å². The van der Waals surface area contributed by atoms with Gasteiger partial charge in [-0.25, -0.2) is 4.63 Å². The first-order chi connectivity index (χ1) is 12.5. The van der Waals surface area contributed by atoms with Crippen LogP contribution in [-0.2, 0) is 20.1 Å². The van der Waals surface area contributed by atoms with Gasteiger partial charge in [-0.3, -0.25) is 14.2 Å². The van der Waals surface area contributed by atoms with Crippen LogP contribution in [0.1, 0.15) is 45.8 Å². The molecule has 10 heteroatoms. The summed E-state index contributed by atoms with van der Waals surface area (Å²) in [5.74, 6) is -0.216. The molecule has 0 radical (unpaired) electrons. The van der Waals surface area contributed by atoms with Crippen molar-refractivity contribution in [3.05, 3.63) is 46.8 Å². The van der Waals surface area contributed by atoms with Gasteiger partial charge in [-0.05, 0) is 30.6 Å². The fourth-order valence-corrected chi connectivity index (χ4v) is 3.17. The van der Waals surface area contributed by atoms with Gasteiger partial charge in [0, 0.05) is 26.3 Å². The van der Waals surface area contributed by atoms with Gasteiger partial charge in [0.05, 0.1) is 23.6 Å². The minimum Gasteiger partial charge on any atom is -0.380 e. The molecule has 1 atom stereocenters. The first-order valence-corrected chi connectivity index (χ1v) is 8.35. The molecule has 136 valence electrons. The van der Waals surface area contributed by atoms with Crippen LogP contribution in [0.25, 0.3) is 0 Å². The third-order valence-corrected chi connectivity index (χ3v) is 4.59. The van der Waals surface area contributed by atoms with Gasteiger partial charge >= 0.3 is 0 Å². The Morgan fingerprint density at radius 3 is 2.88 bits per heavy atom. The average Bonchev–Trinajstić information content (AvgIpc) is 3.31. The van der Waals surface area contributed by atoms with Gasteiger partial charge in [-0.15, -0.1) is 0 Å². The molecule has 0 fully saturated rings. The Bertz CT molecular complexity index is 941. The van der Waals surface area contributed by atoms with Crippen molar-refractivity contribution >= 4 is 5.91 Å². The molecule has 4 heterocycles. The molecule has 3 aromatic heterocycles. The van der Waals surface area contributed by atoms with Gasteiger partial charge < -0.3 is 10.0 Å². The summed E-state index contributed by atoms with van der Waals surface area (Å²) >= 11 is 0. The van der Waals surface area contributed by atoms with Crippen LogP contribution in [0.3, 0.4) is 0 Å². The quantitative estimate of drug-likeness (QED) is 0.723. The SMILES string of the molecule is Cc1nonc1C(=O)N1CCCn2nc([C@H](O)c3ccnn3C)cc2C1. The van der Waals surface area contributed by atoms with Crippen LogP contribution in [-0.4, -0.2) is 52.3 Å². The second kappa shape index (κ2) is 6.37. The van der Waals surface area contributed by atoms with Crippen molar-refractivity contribution < 1.29 is 14.5 Å². The maximum absolute atomic E-state index is 12.7. The predicted molar refractivity (Wildman–Crippen MR) is 87.9 cm³/mol. The molecule has 1 aliphatic rings. The topological polar surface area (TPSA) is 115 Å². The Balaban J connectivity index is 1.59. The highest BCUT2D eigenvalue weighted by Crippen LogP contribution is 2.23. The molecule has 1 amide bonds. The van der Waals surface area contributed by atoms with Crippen LogP contribution in [0.2, 0.25) is 0 Å². The van der Waals surface area contributed by atoms with Crippen molar-refractivity contribution in [2.75, 3.05) is 6.54 Å². The summed E-state index contributed by atoms with van der Waals surface area (Å²) in [5, 5.41) is 26.6. The van der Waals surface area contributed by atoms with E-state index in [4.69, 9.17) is 0 Å². The van der Waals surface area contributed by atoms with Crippen LogP contribution in [0.15, 0.2) is 23.0 Å². The number of hydrogen-bond donors (Lipinski definition) is 1. The highest BCUT2D eigenvalue weighted by atomic mass is 16.6. The van der Waals surface area contributed by atoms with E-state index in [0.29, 0.717) is 36.7 Å². The maximum Gasteiger partial charge on any atom is 0.278 e. The monoisotopic (exact) mass is 357 g/mol. The largest absolute Gasteiger partial charge is 0.380 e. The number of aliphatic hydroxyl groups is 1. The maximum atomic E-state index is 12.7. The number of fused-ring (bicyclic) bond motifs is 1. The molecular weight excluding hydrogens is 338 g/mol. The smallest absolute Gasteiger partial charge is 0.278 e. The number of aryl methyl sites for hydroxylation is 3. The lowest BCUT2D eigenvalue weighted by Gasteiger charge is -2.18. The number of aromatic nitrogens is 6. The number of rotatable bonds is 3. The summed E-state index contributed by atoms with van der Waals surface area (Å²) in [6, 6.07) is 3.59. The second-order valence-corrected chi connectivity index (χ2v) is 6.34. The number of amides is 1. The van der Waals surface area contributed by atoms with Crippen LogP contribution in [0, 0.1) is 6.92 Å². The van der Waals surface area contributed by atoms with Gasteiger partial charge in [0.1, 0.15) is 11.8 Å². The Kier molecular flexibility index (Phi) is 4.03. The standard InChI is InChI=1S/C16H19N7O3/c1-10-14(20-26-19-10)16(25)22-6-3-7-23-11(9-22)8-12(18-23)15(24)13-4-5-17-21(13)2/h4-5,8,15,24H,3,6-7,9H2,1-2H3/t15-/m0/s1. The molecule has 10 nitrogen and oxygen atoms in total. The molecular formula is C16H19N7O3. The van der Waals surface area contributed by atoms with E-state index in [0.717, 1.165) is 12.1 Å². The van der Waals surface area contributed by atoms with Crippen molar-refractivity contribution in [2.24, 2.45) is 7.05 Å². The zero-order valence-corrected chi connectivity index (χ0v) is 14.5. The summed E-state index contributed by atoms with van der Waals surface area (Å²) in [6.07, 6.45) is 1.52. The van der Waals surface area contributed by atoms with Gasteiger partial charge in [0.2, 0.25) is 0 Å². The Labute approximate surface area is 149 Å². The van der Waals surface area contributed by atoms with E-state index in [1.165, 1.54) is 0 Å². The summed E-state index contributed by atoms with van der Waals surface area (Å²) < 4.78 is 8.10. The van der Waals surface area contributed by atoms with Crippen molar-refractivity contribution in [2.45, 2.75) is 32.5 Å². The van der Waals surface area contributed by atoms with E-state index in [2.05, 4.69) is 25.1 Å². The van der Waals surface area contributed by atoms with E-state index in [1.807, 2.05) is 10.7 Å². The van der Waals surface area contributed by atoms with E-state index < -0.39 is 6.10 Å². The summed E-state index contributed by atoms with van der Waals surface area (Å²) in [5.41, 5.74) is 2.77. The van der Waals surface area contributed by atoms with Crippen LogP contribution >= 0.6 is 0 Å². The highest BCUT2D eigenvalue weighted by Gasteiger charge is 2.27. The minimum absolute atomic E-state index is 0.216. The zero-order valence-electron chi connectivity index (χ0n) is 14.5. The Hall–Kier alpha value is -3.01. The van der Waals surface area contributed by atoms with Gasteiger partial charge in [0.25, 0.3) is 5.91 Å². The van der Waals surface area contributed by atoms with Crippen molar-refractivity contribution in [1.82, 2.24) is 34.8 Å². The summed E-state index contributed by atoms with van der Waals surface area (Å²) in [4.78, 5) is 14.4. The highest BCUT2D eigenvalue weighted by molar-refractivity contribution is 5.93. The average molecular weight is 357 g/mol. The summed E-state index contributed by atoms with van der Waals surface area (Å²) in [7, 11) is 1.77. The zero-order chi connectivity index (χ0) is 18.3. The lowest BCUT2D eigenvalue weighted by Crippen LogP contribution is -2.31. The van der Waals surface area contributed by atoms with Crippen LogP contribution in [0.4, 0.5) is 0 Å². The van der Waals surface area contributed by atoms with E-state index in [9.17, 15) is 9.90 Å². The van der Waals surface area contributed by atoms with Gasteiger partial charge in [-0.1, -0.05) is 5.16 Å². The van der Waals surface area contributed by atoms with E-state index in [1.54, 1.807) is 35.8 Å². The first-order valence-electron chi connectivity index (χ1n) is 8.35. The van der Waals surface area contributed by atoms with Crippen molar-refractivity contribution in [3.63, 3.8) is 0 Å². The molecule has 0 saturated carbocycles. The number of aliphatic hydroxyl groups excluding tert-OH is 1. The molecule has 26 heavy (non-hydrogen) atoms. The molecule has 0 aromatic carbocycles. The fraction of sp³-hybridized carbons (Fsp3) is 0.438. The first kappa shape index (κ1) is 16.5. The molecule has 0 spiro atoms. The Morgan fingerprint density at radius 1 is 1.35 bits per heavy atom.